The molecule has 1 aromatic carbocycles. The summed E-state index contributed by atoms with van der Waals surface area (Å²) >= 11 is 6.03. The Kier molecular flexibility index (Phi) is 5.58. The number of hydrogen-bond acceptors (Lipinski definition) is 4. The van der Waals surface area contributed by atoms with E-state index in [0.717, 1.165) is 33.8 Å². The van der Waals surface area contributed by atoms with Crippen LogP contribution < -0.4 is 5.32 Å². The van der Waals surface area contributed by atoms with E-state index in [1.807, 2.05) is 50.2 Å². The molecular weight excluding hydrogens is 348 g/mol. The van der Waals surface area contributed by atoms with E-state index in [0.29, 0.717) is 18.0 Å². The summed E-state index contributed by atoms with van der Waals surface area (Å²) in [5.41, 5.74) is 5.90. The molecule has 3 aromatic rings. The zero-order valence-corrected chi connectivity index (χ0v) is 15.4. The minimum Gasteiger partial charge on any atom is -0.346 e. The first kappa shape index (κ1) is 18.0. The number of nitrogens with one attached hydrogen (secondary N) is 1. The third-order valence-corrected chi connectivity index (χ3v) is 4.33. The van der Waals surface area contributed by atoms with Crippen molar-refractivity contribution in [1.29, 1.82) is 0 Å². The predicted molar refractivity (Wildman–Crippen MR) is 102 cm³/mol. The monoisotopic (exact) mass is 366 g/mol. The van der Waals surface area contributed by atoms with Gasteiger partial charge in [-0.25, -0.2) is 9.97 Å². The van der Waals surface area contributed by atoms with Gasteiger partial charge in [-0.05, 0) is 55.3 Å². The Hall–Kier alpha value is -2.79. The van der Waals surface area contributed by atoms with Crippen molar-refractivity contribution in [1.82, 2.24) is 20.3 Å². The van der Waals surface area contributed by atoms with Gasteiger partial charge in [-0.2, -0.15) is 0 Å². The van der Waals surface area contributed by atoms with E-state index >= 15 is 0 Å². The summed E-state index contributed by atoms with van der Waals surface area (Å²) in [6.45, 7) is 4.17. The van der Waals surface area contributed by atoms with E-state index in [4.69, 9.17) is 11.6 Å². The van der Waals surface area contributed by atoms with E-state index in [9.17, 15) is 4.79 Å². The van der Waals surface area contributed by atoms with Crippen molar-refractivity contribution < 1.29 is 4.79 Å². The zero-order chi connectivity index (χ0) is 18.5. The van der Waals surface area contributed by atoms with Crippen LogP contribution in [0.4, 0.5) is 0 Å². The molecule has 2 aromatic heterocycles. The Labute approximate surface area is 157 Å². The molecule has 2 heterocycles. The number of nitrogens with zero attached hydrogens (tertiary/aromatic N) is 3. The Morgan fingerprint density at radius 1 is 1.12 bits per heavy atom. The fraction of sp³-hybridized carbons (Fsp3) is 0.200. The fourth-order valence-electron chi connectivity index (χ4n) is 2.72. The molecule has 0 radical (unpaired) electrons. The third kappa shape index (κ3) is 4.24. The van der Waals surface area contributed by atoms with Gasteiger partial charge in [0.15, 0.2) is 0 Å². The number of aryl methyl sites for hydroxylation is 2. The lowest BCUT2D eigenvalue weighted by Gasteiger charge is -2.11. The number of hydrogen-bond donors (Lipinski definition) is 1. The Morgan fingerprint density at radius 2 is 1.96 bits per heavy atom. The summed E-state index contributed by atoms with van der Waals surface area (Å²) in [5.74, 6) is 0.162. The van der Waals surface area contributed by atoms with Crippen LogP contribution in [-0.2, 0) is 12.4 Å². The average Bonchev–Trinajstić information content (AvgIpc) is 2.66. The van der Waals surface area contributed by atoms with Crippen LogP contribution in [0.25, 0.3) is 11.1 Å². The summed E-state index contributed by atoms with van der Waals surface area (Å²) < 4.78 is 0. The van der Waals surface area contributed by atoms with Crippen molar-refractivity contribution in [2.24, 2.45) is 0 Å². The molecule has 0 unspecified atom stereocenters. The van der Waals surface area contributed by atoms with Crippen LogP contribution in [0.3, 0.4) is 0 Å². The maximum absolute atomic E-state index is 12.6. The molecule has 0 aliphatic heterocycles. The zero-order valence-electron chi connectivity index (χ0n) is 14.7. The largest absolute Gasteiger partial charge is 0.346 e. The number of benzene rings is 1. The predicted octanol–water partition coefficient (Wildman–Crippen LogP) is 3.82. The van der Waals surface area contributed by atoms with Gasteiger partial charge in [0.2, 0.25) is 0 Å². The summed E-state index contributed by atoms with van der Waals surface area (Å²) in [6.07, 6.45) is 3.25. The second-order valence-electron chi connectivity index (χ2n) is 6.02. The molecule has 0 saturated carbocycles. The van der Waals surface area contributed by atoms with Crippen molar-refractivity contribution in [3.8, 4) is 11.1 Å². The smallest absolute Gasteiger partial charge is 0.251 e. The third-order valence-electron chi connectivity index (χ3n) is 4.02. The lowest BCUT2D eigenvalue weighted by atomic mass is 9.99. The molecule has 26 heavy (non-hydrogen) atoms. The lowest BCUT2D eigenvalue weighted by molar-refractivity contribution is 0.0950. The van der Waals surface area contributed by atoms with Crippen LogP contribution in [-0.4, -0.2) is 20.9 Å². The van der Waals surface area contributed by atoms with Gasteiger partial charge in [0, 0.05) is 34.6 Å². The first-order valence-corrected chi connectivity index (χ1v) is 8.78. The van der Waals surface area contributed by atoms with Gasteiger partial charge in [-0.3, -0.25) is 9.78 Å². The number of aromatic nitrogens is 3. The Morgan fingerprint density at radius 3 is 2.69 bits per heavy atom. The van der Waals surface area contributed by atoms with Gasteiger partial charge < -0.3 is 5.32 Å². The van der Waals surface area contributed by atoms with Crippen molar-refractivity contribution >= 4 is 17.5 Å². The van der Waals surface area contributed by atoms with Crippen molar-refractivity contribution in [2.75, 3.05) is 0 Å². The molecule has 6 heteroatoms. The first-order valence-electron chi connectivity index (χ1n) is 8.24. The number of carbonyl (C=O) groups is 1. The van der Waals surface area contributed by atoms with Crippen LogP contribution in [0.15, 0.2) is 48.9 Å². The van der Waals surface area contributed by atoms with Gasteiger partial charge in [-0.1, -0.05) is 6.07 Å². The fourth-order valence-corrected chi connectivity index (χ4v) is 2.88. The van der Waals surface area contributed by atoms with Gasteiger partial charge >= 0.3 is 0 Å². The van der Waals surface area contributed by atoms with Crippen molar-refractivity contribution in [3.63, 3.8) is 0 Å². The molecule has 0 saturated heterocycles. The average molecular weight is 367 g/mol. The molecule has 0 fully saturated rings. The first-order chi connectivity index (χ1) is 12.6. The molecule has 0 spiro atoms. The topological polar surface area (TPSA) is 67.8 Å². The van der Waals surface area contributed by atoms with Gasteiger partial charge in [0.05, 0.1) is 12.2 Å². The summed E-state index contributed by atoms with van der Waals surface area (Å²) in [7, 11) is 0. The second-order valence-corrected chi connectivity index (χ2v) is 6.29. The van der Waals surface area contributed by atoms with E-state index in [1.54, 1.807) is 6.20 Å². The SMILES string of the molecule is Cc1cc(CNC(=O)c2cc(CCl)cc(-c3cccnc3C)c2)ncn1. The van der Waals surface area contributed by atoms with E-state index < -0.39 is 0 Å². The number of carbonyl (C=O) groups excluding carboxylic acids is 1. The second kappa shape index (κ2) is 8.06. The quantitative estimate of drug-likeness (QED) is 0.697. The highest BCUT2D eigenvalue weighted by Crippen LogP contribution is 2.25. The molecule has 0 bridgehead atoms. The molecule has 1 amide bonds. The normalized spacial score (nSPS) is 10.6. The van der Waals surface area contributed by atoms with Gasteiger partial charge in [0.1, 0.15) is 6.33 Å². The number of amides is 1. The molecule has 0 aliphatic carbocycles. The molecule has 3 rings (SSSR count). The molecule has 132 valence electrons. The maximum Gasteiger partial charge on any atom is 0.251 e. The molecule has 0 aliphatic rings. The standard InChI is InChI=1S/C20H19ClN4O/c1-13-6-18(25-12-24-13)11-23-20(26)17-8-15(10-21)7-16(9-17)19-4-3-5-22-14(19)2/h3-9,12H,10-11H2,1-2H3,(H,23,26). The van der Waals surface area contributed by atoms with Gasteiger partial charge in [-0.15, -0.1) is 11.6 Å². The minimum absolute atomic E-state index is 0.170. The van der Waals surface area contributed by atoms with E-state index in [-0.39, 0.29) is 5.91 Å². The van der Waals surface area contributed by atoms with Crippen LogP contribution >= 0.6 is 11.6 Å². The molecule has 1 N–H and O–H groups in total. The van der Waals surface area contributed by atoms with Crippen LogP contribution in [0.2, 0.25) is 0 Å². The van der Waals surface area contributed by atoms with Crippen molar-refractivity contribution in [3.05, 3.63) is 77.1 Å². The number of rotatable bonds is 5. The number of halogens is 1. The summed E-state index contributed by atoms with van der Waals surface area (Å²) in [4.78, 5) is 25.2. The summed E-state index contributed by atoms with van der Waals surface area (Å²) in [6, 6.07) is 11.4. The minimum atomic E-state index is -0.170. The van der Waals surface area contributed by atoms with E-state index in [2.05, 4.69) is 20.3 Å². The van der Waals surface area contributed by atoms with Crippen LogP contribution in [0, 0.1) is 13.8 Å². The Bertz CT molecular complexity index is 943. The van der Waals surface area contributed by atoms with Gasteiger partial charge in [0.25, 0.3) is 5.91 Å². The molecule has 5 nitrogen and oxygen atoms in total. The molecular formula is C20H19ClN4O. The van der Waals surface area contributed by atoms with Crippen LogP contribution in [0.1, 0.15) is 33.0 Å². The van der Waals surface area contributed by atoms with Crippen LogP contribution in [0.5, 0.6) is 0 Å². The number of alkyl halides is 1. The lowest BCUT2D eigenvalue weighted by Crippen LogP contribution is -2.23. The maximum atomic E-state index is 12.6. The summed E-state index contributed by atoms with van der Waals surface area (Å²) in [5, 5.41) is 2.90. The highest BCUT2D eigenvalue weighted by molar-refractivity contribution is 6.17. The highest BCUT2D eigenvalue weighted by Gasteiger charge is 2.11. The highest BCUT2D eigenvalue weighted by atomic mass is 35.5. The molecule has 0 atom stereocenters. The number of pyridine rings is 1. The van der Waals surface area contributed by atoms with E-state index in [1.165, 1.54) is 6.33 Å². The van der Waals surface area contributed by atoms with Crippen molar-refractivity contribution in [2.45, 2.75) is 26.3 Å². The Balaban J connectivity index is 1.86.